The van der Waals surface area contributed by atoms with Crippen molar-refractivity contribution in [2.45, 2.75) is 193 Å². The molecule has 0 amide bonds. The predicted molar refractivity (Wildman–Crippen MR) is 184 cm³/mol. The van der Waals surface area contributed by atoms with Crippen LogP contribution in [0.4, 0.5) is 0 Å². The van der Waals surface area contributed by atoms with E-state index < -0.39 is 0 Å². The lowest BCUT2D eigenvalue weighted by Crippen LogP contribution is -2.26. The first-order valence-corrected chi connectivity index (χ1v) is 18.7. The van der Waals surface area contributed by atoms with E-state index in [4.69, 9.17) is 0 Å². The summed E-state index contributed by atoms with van der Waals surface area (Å²) in [6.45, 7) is 31.6. The lowest BCUT2D eigenvalue weighted by molar-refractivity contribution is 0.145. The number of hydrogen-bond donors (Lipinski definition) is 0. The average molecular weight is 551 g/mol. The molecule has 0 aromatic carbocycles. The largest absolute Gasteiger partial charge is 0.0683 e. The smallest absolute Gasteiger partial charge is 0.0380 e. The Hall–Kier alpha value is 0. The Kier molecular flexibility index (Phi) is 27.1. The third-order valence-electron chi connectivity index (χ3n) is 10.6. The van der Waals surface area contributed by atoms with E-state index in [0.717, 1.165) is 59.2 Å². The molecule has 0 N–H and O–H groups in total. The van der Waals surface area contributed by atoms with Gasteiger partial charge in [-0.15, -0.1) is 0 Å². The summed E-state index contributed by atoms with van der Waals surface area (Å²) in [5.41, 5.74) is 0. The molecule has 3 saturated carbocycles. The van der Waals surface area contributed by atoms with Gasteiger partial charge in [0, 0.05) is 0 Å². The molecule has 5 unspecified atom stereocenters. The van der Waals surface area contributed by atoms with Crippen LogP contribution < -0.4 is 0 Å². The van der Waals surface area contributed by atoms with Crippen LogP contribution in [0.15, 0.2) is 0 Å². The summed E-state index contributed by atoms with van der Waals surface area (Å²) in [5, 5.41) is 0. The molecule has 0 aliphatic heterocycles. The normalized spacial score (nSPS) is 27.8. The van der Waals surface area contributed by atoms with Crippen molar-refractivity contribution in [3.63, 3.8) is 0 Å². The van der Waals surface area contributed by atoms with Crippen LogP contribution >= 0.6 is 0 Å². The Bertz CT molecular complexity index is 478. The molecule has 0 heterocycles. The average Bonchev–Trinajstić information content (AvgIpc) is 3.29. The molecule has 0 spiro atoms. The SMILES string of the molecule is CC.CC.CCC.CCC(CC1CCC1)C(C)C.CCCCC1CC(C(C)C2CCC(C(C)C)CC2)CC1C. The van der Waals surface area contributed by atoms with Crippen LogP contribution in [0.3, 0.4) is 0 Å². The lowest BCUT2D eigenvalue weighted by atomic mass is 9.69. The van der Waals surface area contributed by atoms with Crippen LogP contribution in [0.5, 0.6) is 0 Å². The zero-order valence-electron chi connectivity index (χ0n) is 30.4. The first-order chi connectivity index (χ1) is 18.7. The van der Waals surface area contributed by atoms with Gasteiger partial charge in [0.2, 0.25) is 0 Å². The van der Waals surface area contributed by atoms with Gasteiger partial charge >= 0.3 is 0 Å². The first-order valence-electron chi connectivity index (χ1n) is 18.7. The molecule has 0 nitrogen and oxygen atoms in total. The van der Waals surface area contributed by atoms with Crippen molar-refractivity contribution in [2.75, 3.05) is 0 Å². The Balaban J connectivity index is 0. The molecular weight excluding hydrogens is 468 g/mol. The third kappa shape index (κ3) is 16.9. The minimum atomic E-state index is 0.903. The van der Waals surface area contributed by atoms with Crippen molar-refractivity contribution in [3.05, 3.63) is 0 Å². The van der Waals surface area contributed by atoms with Crippen molar-refractivity contribution < 1.29 is 0 Å². The molecule has 0 radical (unpaired) electrons. The first kappa shape index (κ1) is 41.1. The Morgan fingerprint density at radius 3 is 1.56 bits per heavy atom. The molecule has 39 heavy (non-hydrogen) atoms. The third-order valence-corrected chi connectivity index (χ3v) is 10.6. The maximum absolute atomic E-state index is 2.60. The number of rotatable bonds is 10. The van der Waals surface area contributed by atoms with Gasteiger partial charge in [-0.25, -0.2) is 0 Å². The van der Waals surface area contributed by atoms with E-state index in [9.17, 15) is 0 Å². The van der Waals surface area contributed by atoms with Crippen LogP contribution in [0.1, 0.15) is 193 Å². The van der Waals surface area contributed by atoms with Crippen molar-refractivity contribution >= 4 is 0 Å². The zero-order chi connectivity index (χ0) is 30.4. The standard InChI is InChI=1S/C21H40.C11H22.C3H8.2C2H6/c1-6-7-8-20-14-21(13-16(20)4)17(5)19-11-9-18(10-12-19)15(2)3;1-4-11(9(2)3)8-10-6-5-7-10;1-3-2;2*1-2/h15-21H,6-14H2,1-5H3;9-11H,4-8H2,1-3H3;3H2,1-2H3;2*1-2H3. The fourth-order valence-electron chi connectivity index (χ4n) is 7.47. The van der Waals surface area contributed by atoms with E-state index in [1.54, 1.807) is 6.42 Å². The van der Waals surface area contributed by atoms with E-state index in [2.05, 4.69) is 69.2 Å². The predicted octanol–water partition coefficient (Wildman–Crippen LogP) is 14.3. The zero-order valence-corrected chi connectivity index (χ0v) is 30.4. The van der Waals surface area contributed by atoms with Crippen molar-refractivity contribution in [1.29, 1.82) is 0 Å². The lowest BCUT2D eigenvalue weighted by Gasteiger charge is -2.36. The molecule has 3 fully saturated rings. The Morgan fingerprint density at radius 2 is 1.18 bits per heavy atom. The molecule has 0 aromatic rings. The van der Waals surface area contributed by atoms with Gasteiger partial charge in [-0.3, -0.25) is 0 Å². The monoisotopic (exact) mass is 551 g/mol. The fraction of sp³-hybridized carbons (Fsp3) is 1.00. The summed E-state index contributed by atoms with van der Waals surface area (Å²) in [7, 11) is 0. The maximum atomic E-state index is 2.60. The van der Waals surface area contributed by atoms with Crippen molar-refractivity contribution in [3.8, 4) is 0 Å². The Morgan fingerprint density at radius 1 is 0.667 bits per heavy atom. The number of unbranched alkanes of at least 4 members (excludes halogenated alkanes) is 1. The molecule has 0 aromatic heterocycles. The summed E-state index contributed by atoms with van der Waals surface area (Å²) < 4.78 is 0. The van der Waals surface area contributed by atoms with Gasteiger partial charge in [-0.2, -0.15) is 0 Å². The van der Waals surface area contributed by atoms with E-state index in [0.29, 0.717) is 0 Å². The van der Waals surface area contributed by atoms with Crippen LogP contribution in [-0.4, -0.2) is 0 Å². The second-order valence-corrected chi connectivity index (χ2v) is 14.0. The highest BCUT2D eigenvalue weighted by Gasteiger charge is 2.37. The molecule has 5 atom stereocenters. The van der Waals surface area contributed by atoms with E-state index in [1.165, 1.54) is 89.9 Å². The molecular formula is C39H82. The Labute approximate surface area is 252 Å². The quantitative estimate of drug-likeness (QED) is 0.254. The summed E-state index contributed by atoms with van der Waals surface area (Å²) in [6, 6.07) is 0. The second kappa shape index (κ2) is 25.7. The maximum Gasteiger partial charge on any atom is -0.0380 e. The minimum absolute atomic E-state index is 0.903. The number of hydrogen-bond acceptors (Lipinski definition) is 0. The van der Waals surface area contributed by atoms with Crippen LogP contribution in [-0.2, 0) is 0 Å². The van der Waals surface area contributed by atoms with Crippen LogP contribution in [0, 0.1) is 59.2 Å². The highest BCUT2D eigenvalue weighted by Crippen LogP contribution is 2.47. The summed E-state index contributed by atoms with van der Waals surface area (Å²) in [4.78, 5) is 0. The highest BCUT2D eigenvalue weighted by molar-refractivity contribution is 4.88. The van der Waals surface area contributed by atoms with Gasteiger partial charge in [0.25, 0.3) is 0 Å². The second-order valence-electron chi connectivity index (χ2n) is 14.0. The molecule has 3 aliphatic rings. The van der Waals surface area contributed by atoms with E-state index >= 15 is 0 Å². The van der Waals surface area contributed by atoms with Gasteiger partial charge in [0.15, 0.2) is 0 Å². The fourth-order valence-corrected chi connectivity index (χ4v) is 7.47. The molecule has 0 saturated heterocycles. The van der Waals surface area contributed by atoms with Crippen LogP contribution in [0.2, 0.25) is 0 Å². The molecule has 3 rings (SSSR count). The summed E-state index contributed by atoms with van der Waals surface area (Å²) >= 11 is 0. The van der Waals surface area contributed by atoms with Crippen molar-refractivity contribution in [1.82, 2.24) is 0 Å². The van der Waals surface area contributed by atoms with Crippen molar-refractivity contribution in [2.24, 2.45) is 59.2 Å². The van der Waals surface area contributed by atoms with Crippen LogP contribution in [0.25, 0.3) is 0 Å². The van der Waals surface area contributed by atoms with E-state index in [-0.39, 0.29) is 0 Å². The summed E-state index contributed by atoms with van der Waals surface area (Å²) in [5.74, 6) is 10.1. The minimum Gasteiger partial charge on any atom is -0.0683 e. The van der Waals surface area contributed by atoms with Gasteiger partial charge in [-0.1, -0.05) is 148 Å². The highest BCUT2D eigenvalue weighted by atomic mass is 14.4. The topological polar surface area (TPSA) is 0 Å². The van der Waals surface area contributed by atoms with Gasteiger partial charge < -0.3 is 0 Å². The molecule has 0 bridgehead atoms. The summed E-state index contributed by atoms with van der Waals surface area (Å²) in [6.07, 6.45) is 22.1. The van der Waals surface area contributed by atoms with Gasteiger partial charge in [0.05, 0.1) is 0 Å². The van der Waals surface area contributed by atoms with Gasteiger partial charge in [-0.05, 0) is 104 Å². The molecule has 0 heteroatoms. The van der Waals surface area contributed by atoms with Gasteiger partial charge in [0.1, 0.15) is 0 Å². The molecule has 3 aliphatic carbocycles. The molecule has 238 valence electrons. The van der Waals surface area contributed by atoms with E-state index in [1.807, 2.05) is 27.7 Å².